The van der Waals surface area contributed by atoms with E-state index in [1.807, 2.05) is 11.8 Å². The van der Waals surface area contributed by atoms with Crippen molar-refractivity contribution in [3.05, 3.63) is 34.9 Å². The summed E-state index contributed by atoms with van der Waals surface area (Å²) in [5.74, 6) is 5.96. The SMILES string of the molecule is Cc1cc(C)cc(CSC(C)CCC(=O)NN)c1. The molecule has 0 aliphatic heterocycles. The molecule has 1 aromatic carbocycles. The highest BCUT2D eigenvalue weighted by Gasteiger charge is 2.07. The minimum Gasteiger partial charge on any atom is -0.294 e. The fraction of sp³-hybridized carbons (Fsp3) is 0.500. The lowest BCUT2D eigenvalue weighted by Crippen LogP contribution is -2.30. The van der Waals surface area contributed by atoms with Crippen molar-refractivity contribution in [1.29, 1.82) is 0 Å². The Bertz CT molecular complexity index is 387. The van der Waals surface area contributed by atoms with E-state index in [9.17, 15) is 4.79 Å². The number of benzene rings is 1. The Morgan fingerprint density at radius 1 is 1.33 bits per heavy atom. The van der Waals surface area contributed by atoms with Crippen LogP contribution in [0.15, 0.2) is 18.2 Å². The van der Waals surface area contributed by atoms with E-state index in [-0.39, 0.29) is 5.91 Å². The summed E-state index contributed by atoms with van der Waals surface area (Å²) in [6.07, 6.45) is 1.36. The summed E-state index contributed by atoms with van der Waals surface area (Å²) in [6.45, 7) is 6.39. The minimum atomic E-state index is -0.0890. The van der Waals surface area contributed by atoms with Gasteiger partial charge in [0.25, 0.3) is 0 Å². The fourth-order valence-corrected chi connectivity index (χ4v) is 2.81. The predicted octanol–water partition coefficient (Wildman–Crippen LogP) is 2.70. The Hall–Kier alpha value is -1.00. The lowest BCUT2D eigenvalue weighted by Gasteiger charge is -2.11. The molecule has 3 nitrogen and oxygen atoms in total. The Morgan fingerprint density at radius 2 is 1.94 bits per heavy atom. The number of nitrogens with two attached hydrogens (primary N) is 1. The van der Waals surface area contributed by atoms with E-state index in [2.05, 4.69) is 44.4 Å². The van der Waals surface area contributed by atoms with Gasteiger partial charge in [0.2, 0.25) is 5.91 Å². The summed E-state index contributed by atoms with van der Waals surface area (Å²) in [6, 6.07) is 6.63. The average Bonchev–Trinajstić information content (AvgIpc) is 2.32. The highest BCUT2D eigenvalue weighted by molar-refractivity contribution is 7.99. The predicted molar refractivity (Wildman–Crippen MR) is 78.2 cm³/mol. The quantitative estimate of drug-likeness (QED) is 0.473. The van der Waals surface area contributed by atoms with E-state index in [4.69, 9.17) is 5.84 Å². The Morgan fingerprint density at radius 3 is 2.50 bits per heavy atom. The van der Waals surface area contributed by atoms with Crippen LogP contribution in [0.2, 0.25) is 0 Å². The van der Waals surface area contributed by atoms with Gasteiger partial charge < -0.3 is 0 Å². The van der Waals surface area contributed by atoms with Gasteiger partial charge in [-0.2, -0.15) is 11.8 Å². The average molecular weight is 266 g/mol. The molecular formula is C14H22N2OS. The van der Waals surface area contributed by atoms with Crippen LogP contribution in [-0.4, -0.2) is 11.2 Å². The van der Waals surface area contributed by atoms with Crippen molar-refractivity contribution >= 4 is 17.7 Å². The number of carbonyl (C=O) groups is 1. The lowest BCUT2D eigenvalue weighted by atomic mass is 10.1. The van der Waals surface area contributed by atoms with Crippen LogP contribution in [0.5, 0.6) is 0 Å². The monoisotopic (exact) mass is 266 g/mol. The molecule has 1 amide bonds. The van der Waals surface area contributed by atoms with Gasteiger partial charge in [0.1, 0.15) is 0 Å². The molecule has 0 aromatic heterocycles. The van der Waals surface area contributed by atoms with Crippen LogP contribution in [0.3, 0.4) is 0 Å². The number of carbonyl (C=O) groups excluding carboxylic acids is 1. The highest BCUT2D eigenvalue weighted by Crippen LogP contribution is 2.22. The normalized spacial score (nSPS) is 12.2. The number of hydrazine groups is 1. The van der Waals surface area contributed by atoms with Gasteiger partial charge in [-0.15, -0.1) is 0 Å². The molecule has 1 unspecified atom stereocenters. The van der Waals surface area contributed by atoms with Crippen molar-refractivity contribution in [2.75, 3.05) is 0 Å². The first-order valence-corrected chi connectivity index (χ1v) is 7.24. The topological polar surface area (TPSA) is 55.1 Å². The molecule has 0 spiro atoms. The molecule has 1 atom stereocenters. The minimum absolute atomic E-state index is 0.0890. The summed E-state index contributed by atoms with van der Waals surface area (Å²) in [5, 5.41) is 0.461. The lowest BCUT2D eigenvalue weighted by molar-refractivity contribution is -0.121. The van der Waals surface area contributed by atoms with E-state index in [1.165, 1.54) is 16.7 Å². The van der Waals surface area contributed by atoms with Gasteiger partial charge in [0, 0.05) is 17.4 Å². The molecule has 0 bridgehead atoms. The summed E-state index contributed by atoms with van der Waals surface area (Å²) >= 11 is 1.88. The van der Waals surface area contributed by atoms with Gasteiger partial charge in [-0.25, -0.2) is 5.84 Å². The van der Waals surface area contributed by atoms with Crippen molar-refractivity contribution in [1.82, 2.24) is 5.43 Å². The largest absolute Gasteiger partial charge is 0.294 e. The molecule has 0 saturated carbocycles. The van der Waals surface area contributed by atoms with E-state index >= 15 is 0 Å². The fourth-order valence-electron chi connectivity index (χ4n) is 1.88. The standard InChI is InChI=1S/C14H22N2OS/c1-10-6-11(2)8-13(7-10)9-18-12(3)4-5-14(17)16-15/h6-8,12H,4-5,9,15H2,1-3H3,(H,16,17). The molecule has 1 rings (SSSR count). The maximum atomic E-state index is 11.0. The summed E-state index contributed by atoms with van der Waals surface area (Å²) in [7, 11) is 0. The van der Waals surface area contributed by atoms with E-state index in [1.54, 1.807) is 0 Å². The van der Waals surface area contributed by atoms with Crippen molar-refractivity contribution in [3.63, 3.8) is 0 Å². The highest BCUT2D eigenvalue weighted by atomic mass is 32.2. The Balaban J connectivity index is 2.37. The number of thioether (sulfide) groups is 1. The molecule has 0 heterocycles. The van der Waals surface area contributed by atoms with Crippen LogP contribution in [0, 0.1) is 13.8 Å². The summed E-state index contributed by atoms with van der Waals surface area (Å²) in [4.78, 5) is 11.0. The van der Waals surface area contributed by atoms with Gasteiger partial charge in [0.05, 0.1) is 0 Å². The second kappa shape index (κ2) is 7.44. The molecule has 0 radical (unpaired) electrons. The summed E-state index contributed by atoms with van der Waals surface area (Å²) < 4.78 is 0. The molecule has 0 aliphatic rings. The number of nitrogens with one attached hydrogen (secondary N) is 1. The maximum absolute atomic E-state index is 11.0. The second-order valence-electron chi connectivity index (χ2n) is 4.72. The van der Waals surface area contributed by atoms with Crippen LogP contribution in [-0.2, 0) is 10.5 Å². The molecule has 18 heavy (non-hydrogen) atoms. The smallest absolute Gasteiger partial charge is 0.233 e. The zero-order valence-electron chi connectivity index (χ0n) is 11.3. The van der Waals surface area contributed by atoms with Crippen LogP contribution < -0.4 is 11.3 Å². The third-order valence-electron chi connectivity index (χ3n) is 2.75. The van der Waals surface area contributed by atoms with Crippen molar-refractivity contribution < 1.29 is 4.79 Å². The number of amides is 1. The van der Waals surface area contributed by atoms with Gasteiger partial charge in [0.15, 0.2) is 0 Å². The van der Waals surface area contributed by atoms with E-state index in [0.717, 1.165) is 12.2 Å². The van der Waals surface area contributed by atoms with Gasteiger partial charge in [-0.05, 0) is 25.8 Å². The molecule has 0 fully saturated rings. The molecular weight excluding hydrogens is 244 g/mol. The van der Waals surface area contributed by atoms with Gasteiger partial charge in [-0.3, -0.25) is 10.2 Å². The third-order valence-corrected chi connectivity index (χ3v) is 4.06. The van der Waals surface area contributed by atoms with Crippen molar-refractivity contribution in [3.8, 4) is 0 Å². The van der Waals surface area contributed by atoms with Crippen molar-refractivity contribution in [2.45, 2.75) is 44.6 Å². The van der Waals surface area contributed by atoms with Crippen molar-refractivity contribution in [2.24, 2.45) is 5.84 Å². The van der Waals surface area contributed by atoms with E-state index < -0.39 is 0 Å². The molecule has 1 aromatic rings. The molecule has 0 aliphatic carbocycles. The van der Waals surface area contributed by atoms with Crippen LogP contribution >= 0.6 is 11.8 Å². The van der Waals surface area contributed by atoms with Crippen LogP contribution in [0.4, 0.5) is 0 Å². The molecule has 4 heteroatoms. The number of aryl methyl sites for hydroxylation is 2. The molecule has 3 N–H and O–H groups in total. The van der Waals surface area contributed by atoms with E-state index in [0.29, 0.717) is 11.7 Å². The third kappa shape index (κ3) is 5.56. The second-order valence-corrected chi connectivity index (χ2v) is 6.15. The molecule has 0 saturated heterocycles. The first-order valence-electron chi connectivity index (χ1n) is 6.19. The maximum Gasteiger partial charge on any atom is 0.233 e. The zero-order chi connectivity index (χ0) is 13.5. The zero-order valence-corrected chi connectivity index (χ0v) is 12.1. The Labute approximate surface area is 113 Å². The number of rotatable bonds is 6. The van der Waals surface area contributed by atoms with Crippen LogP contribution in [0.1, 0.15) is 36.5 Å². The number of hydrogen-bond donors (Lipinski definition) is 2. The first-order chi connectivity index (χ1) is 8.51. The Kier molecular flexibility index (Phi) is 6.22. The van der Waals surface area contributed by atoms with Crippen LogP contribution in [0.25, 0.3) is 0 Å². The first kappa shape index (κ1) is 15.1. The summed E-state index contributed by atoms with van der Waals surface area (Å²) in [5.41, 5.74) is 6.13. The van der Waals surface area contributed by atoms with Gasteiger partial charge in [-0.1, -0.05) is 36.2 Å². The molecule has 100 valence electrons. The number of hydrogen-bond acceptors (Lipinski definition) is 3. The van der Waals surface area contributed by atoms with Gasteiger partial charge >= 0.3 is 0 Å².